The highest BCUT2D eigenvalue weighted by atomic mass is 19.4. The van der Waals surface area contributed by atoms with E-state index in [1.807, 2.05) is 6.07 Å². The highest BCUT2D eigenvalue weighted by Crippen LogP contribution is 2.32. The molecule has 2 aromatic carbocycles. The fourth-order valence-electron chi connectivity index (χ4n) is 2.41. The average Bonchev–Trinajstić information content (AvgIpc) is 2.66. The van der Waals surface area contributed by atoms with Crippen molar-refractivity contribution in [3.8, 4) is 0 Å². The number of hydrogen-bond donors (Lipinski definition) is 3. The third-order valence-corrected chi connectivity index (χ3v) is 3.93. The number of aliphatic hydroxyl groups is 2. The molecule has 5 nitrogen and oxygen atoms in total. The normalized spacial score (nSPS) is 13.6. The maximum Gasteiger partial charge on any atom is 0.416 e. The van der Waals surface area contributed by atoms with Crippen LogP contribution in [0.3, 0.4) is 0 Å². The number of amides is 1. The van der Waals surface area contributed by atoms with Crippen LogP contribution >= 0.6 is 0 Å². The van der Waals surface area contributed by atoms with E-state index in [0.29, 0.717) is 18.2 Å². The number of alkyl halides is 3. The van der Waals surface area contributed by atoms with Crippen molar-refractivity contribution in [2.45, 2.75) is 31.4 Å². The molecule has 0 saturated heterocycles. The molecule has 2 rings (SSSR count). The second kappa shape index (κ2) is 9.52. The van der Waals surface area contributed by atoms with E-state index in [-0.39, 0.29) is 19.6 Å². The van der Waals surface area contributed by atoms with Crippen LogP contribution in [0, 0.1) is 5.82 Å². The van der Waals surface area contributed by atoms with Gasteiger partial charge in [0.05, 0.1) is 11.7 Å². The molecule has 0 aliphatic heterocycles. The van der Waals surface area contributed by atoms with Gasteiger partial charge in [-0.1, -0.05) is 30.3 Å². The van der Waals surface area contributed by atoms with E-state index in [0.717, 1.165) is 5.56 Å². The Morgan fingerprint density at radius 3 is 2.43 bits per heavy atom. The summed E-state index contributed by atoms with van der Waals surface area (Å²) in [5.74, 6) is -1.07. The molecule has 0 radical (unpaired) electrons. The number of nitrogens with one attached hydrogen (secondary N) is 1. The van der Waals surface area contributed by atoms with Gasteiger partial charge in [0.2, 0.25) is 0 Å². The first-order valence-electron chi connectivity index (χ1n) is 8.36. The zero-order chi connectivity index (χ0) is 20.7. The number of halogens is 4. The minimum absolute atomic E-state index is 0.0350. The zero-order valence-electron chi connectivity index (χ0n) is 14.6. The van der Waals surface area contributed by atoms with E-state index in [4.69, 9.17) is 4.74 Å². The predicted octanol–water partition coefficient (Wildman–Crippen LogP) is 3.56. The van der Waals surface area contributed by atoms with E-state index in [9.17, 15) is 32.6 Å². The summed E-state index contributed by atoms with van der Waals surface area (Å²) in [6.45, 7) is -0.0975. The second-order valence-corrected chi connectivity index (χ2v) is 6.02. The van der Waals surface area contributed by atoms with Crippen LogP contribution < -0.4 is 5.32 Å². The van der Waals surface area contributed by atoms with Crippen molar-refractivity contribution in [2.75, 3.05) is 6.54 Å². The van der Waals surface area contributed by atoms with E-state index in [1.54, 1.807) is 24.3 Å². The summed E-state index contributed by atoms with van der Waals surface area (Å²) in [7, 11) is 0. The lowest BCUT2D eigenvalue weighted by atomic mass is 9.99. The van der Waals surface area contributed by atoms with Gasteiger partial charge in [-0.3, -0.25) is 0 Å². The zero-order valence-corrected chi connectivity index (χ0v) is 14.6. The minimum Gasteiger partial charge on any atom is -0.445 e. The van der Waals surface area contributed by atoms with Crippen LogP contribution in [0.15, 0.2) is 48.5 Å². The van der Waals surface area contributed by atoms with E-state index in [2.05, 4.69) is 5.32 Å². The van der Waals surface area contributed by atoms with Gasteiger partial charge in [0.25, 0.3) is 0 Å². The van der Waals surface area contributed by atoms with Gasteiger partial charge in [-0.05, 0) is 30.2 Å². The van der Waals surface area contributed by atoms with Crippen molar-refractivity contribution >= 4 is 6.09 Å². The molecule has 0 spiro atoms. The highest BCUT2D eigenvalue weighted by molar-refractivity contribution is 5.67. The third-order valence-electron chi connectivity index (χ3n) is 3.93. The molecule has 0 bridgehead atoms. The summed E-state index contributed by atoms with van der Waals surface area (Å²) < 4.78 is 56.9. The Hall–Kier alpha value is -2.65. The topological polar surface area (TPSA) is 78.8 Å². The molecule has 28 heavy (non-hydrogen) atoms. The number of rotatable bonds is 7. The Bertz CT molecular complexity index is 783. The average molecular weight is 401 g/mol. The lowest BCUT2D eigenvalue weighted by molar-refractivity contribution is -0.137. The molecule has 0 aliphatic carbocycles. The van der Waals surface area contributed by atoms with Crippen LogP contribution in [-0.4, -0.2) is 29.0 Å². The molecule has 3 N–H and O–H groups in total. The summed E-state index contributed by atoms with van der Waals surface area (Å²) in [5, 5.41) is 22.2. The van der Waals surface area contributed by atoms with E-state index in [1.165, 1.54) is 0 Å². The molecular formula is C19H19F4NO4. The molecule has 0 saturated carbocycles. The first kappa shape index (κ1) is 21.6. The quantitative estimate of drug-likeness (QED) is 0.620. The largest absolute Gasteiger partial charge is 0.445 e. The maximum atomic E-state index is 13.8. The van der Waals surface area contributed by atoms with Gasteiger partial charge < -0.3 is 20.3 Å². The van der Waals surface area contributed by atoms with Crippen molar-refractivity contribution in [3.63, 3.8) is 0 Å². The summed E-state index contributed by atoms with van der Waals surface area (Å²) >= 11 is 0. The minimum atomic E-state index is -4.71. The second-order valence-electron chi connectivity index (χ2n) is 6.02. The van der Waals surface area contributed by atoms with E-state index >= 15 is 0 Å². The molecule has 0 aromatic heterocycles. The molecule has 2 unspecified atom stereocenters. The first-order valence-corrected chi connectivity index (χ1v) is 8.36. The summed E-state index contributed by atoms with van der Waals surface area (Å²) in [6, 6.07) is 10.5. The van der Waals surface area contributed by atoms with Gasteiger partial charge in [-0.25, -0.2) is 9.18 Å². The number of carbonyl (C=O) groups is 1. The summed E-state index contributed by atoms with van der Waals surface area (Å²) in [6.07, 6.45) is -9.18. The van der Waals surface area contributed by atoms with Gasteiger partial charge in [0, 0.05) is 12.1 Å². The van der Waals surface area contributed by atoms with Crippen molar-refractivity contribution in [1.82, 2.24) is 5.32 Å². The molecule has 2 aromatic rings. The van der Waals surface area contributed by atoms with E-state index < -0.39 is 41.4 Å². The van der Waals surface area contributed by atoms with Crippen molar-refractivity contribution in [2.24, 2.45) is 0 Å². The van der Waals surface area contributed by atoms with Crippen LogP contribution in [0.1, 0.15) is 29.2 Å². The number of benzene rings is 2. The Morgan fingerprint density at radius 2 is 1.79 bits per heavy atom. The van der Waals surface area contributed by atoms with Crippen molar-refractivity contribution in [1.29, 1.82) is 0 Å². The Labute approximate surface area is 158 Å². The SMILES string of the molecule is O=C(NCCC(O)C(O)c1cc(C(F)(F)F)ccc1F)OCc1ccccc1. The lowest BCUT2D eigenvalue weighted by Gasteiger charge is -2.20. The molecule has 1 amide bonds. The molecule has 9 heteroatoms. The van der Waals surface area contributed by atoms with Crippen molar-refractivity contribution in [3.05, 3.63) is 71.0 Å². The number of carbonyl (C=O) groups excluding carboxylic acids is 1. The van der Waals surface area contributed by atoms with Crippen LogP contribution in [-0.2, 0) is 17.5 Å². The highest BCUT2D eigenvalue weighted by Gasteiger charge is 2.32. The molecule has 152 valence electrons. The first-order chi connectivity index (χ1) is 13.2. The molecule has 0 aliphatic rings. The maximum absolute atomic E-state index is 13.8. The van der Waals surface area contributed by atoms with Gasteiger partial charge in [-0.15, -0.1) is 0 Å². The van der Waals surface area contributed by atoms with Gasteiger partial charge >= 0.3 is 12.3 Å². The van der Waals surface area contributed by atoms with Crippen LogP contribution in [0.25, 0.3) is 0 Å². The smallest absolute Gasteiger partial charge is 0.416 e. The molecule has 0 fully saturated rings. The fourth-order valence-corrected chi connectivity index (χ4v) is 2.41. The number of aliphatic hydroxyl groups excluding tert-OH is 2. The summed E-state index contributed by atoms with van der Waals surface area (Å²) in [5.41, 5.74) is -1.04. The van der Waals surface area contributed by atoms with Crippen molar-refractivity contribution < 1.29 is 37.3 Å². The standard InChI is InChI=1S/C19H19F4NO4/c20-15-7-6-13(19(21,22)23)10-14(15)17(26)16(25)8-9-24-18(27)28-11-12-4-2-1-3-5-12/h1-7,10,16-17,25-26H,8-9,11H2,(H,24,27). The predicted molar refractivity (Wildman–Crippen MR) is 91.6 cm³/mol. The van der Waals surface area contributed by atoms with Gasteiger partial charge in [0.15, 0.2) is 0 Å². The molecule has 2 atom stereocenters. The van der Waals surface area contributed by atoms with Crippen LogP contribution in [0.5, 0.6) is 0 Å². The lowest BCUT2D eigenvalue weighted by Crippen LogP contribution is -2.30. The third kappa shape index (κ3) is 6.21. The summed E-state index contributed by atoms with van der Waals surface area (Å²) in [4.78, 5) is 11.6. The fraction of sp³-hybridized carbons (Fsp3) is 0.316. The van der Waals surface area contributed by atoms with Gasteiger partial charge in [0.1, 0.15) is 18.5 Å². The number of ether oxygens (including phenoxy) is 1. The van der Waals surface area contributed by atoms with Gasteiger partial charge in [-0.2, -0.15) is 13.2 Å². The monoisotopic (exact) mass is 401 g/mol. The molecular weight excluding hydrogens is 382 g/mol. The number of alkyl carbamates (subject to hydrolysis) is 1. The number of hydrogen-bond acceptors (Lipinski definition) is 4. The Morgan fingerprint density at radius 1 is 1.11 bits per heavy atom. The Kier molecular flexibility index (Phi) is 7.36. The van der Waals surface area contributed by atoms with Crippen LogP contribution in [0.2, 0.25) is 0 Å². The van der Waals surface area contributed by atoms with Crippen LogP contribution in [0.4, 0.5) is 22.4 Å². The molecule has 0 heterocycles. The Balaban J connectivity index is 1.84.